The van der Waals surface area contributed by atoms with Gasteiger partial charge in [-0.05, 0) is 67.1 Å². The number of amides is 2. The summed E-state index contributed by atoms with van der Waals surface area (Å²) in [4.78, 5) is 30.1. The summed E-state index contributed by atoms with van der Waals surface area (Å²) in [6.07, 6.45) is 1.00. The Labute approximate surface area is 274 Å². The van der Waals surface area contributed by atoms with Crippen molar-refractivity contribution in [3.63, 3.8) is 0 Å². The van der Waals surface area contributed by atoms with E-state index in [4.69, 9.17) is 0 Å². The minimum atomic E-state index is -4.15. The van der Waals surface area contributed by atoms with E-state index in [0.29, 0.717) is 5.69 Å². The first-order valence-electron chi connectivity index (χ1n) is 15.9. The Balaban J connectivity index is 1.80. The Morgan fingerprint density at radius 2 is 1.33 bits per heavy atom. The Hall–Kier alpha value is -4.43. The van der Waals surface area contributed by atoms with Crippen LogP contribution in [-0.4, -0.2) is 43.8 Å². The number of aryl methyl sites for hydroxylation is 1. The maximum absolute atomic E-state index is 14.6. The van der Waals surface area contributed by atoms with E-state index in [1.165, 1.54) is 4.90 Å². The average molecular weight is 640 g/mol. The van der Waals surface area contributed by atoms with Crippen LogP contribution in [0.25, 0.3) is 0 Å². The molecule has 0 aliphatic carbocycles. The Bertz CT molecular complexity index is 1670. The monoisotopic (exact) mass is 639 g/mol. The number of carbonyl (C=O) groups is 2. The highest BCUT2D eigenvalue weighted by Crippen LogP contribution is 2.27. The molecule has 46 heavy (non-hydrogen) atoms. The normalized spacial score (nSPS) is 12.7. The van der Waals surface area contributed by atoms with Crippen LogP contribution in [0.3, 0.4) is 0 Å². The number of rotatable bonds is 14. The fourth-order valence-electron chi connectivity index (χ4n) is 5.17. The summed E-state index contributed by atoms with van der Waals surface area (Å²) < 4.78 is 29.6. The molecular weight excluding hydrogens is 595 g/mol. The van der Waals surface area contributed by atoms with Gasteiger partial charge in [0.05, 0.1) is 10.6 Å². The van der Waals surface area contributed by atoms with Gasteiger partial charge in [-0.15, -0.1) is 0 Å². The van der Waals surface area contributed by atoms with E-state index in [2.05, 4.69) is 19.2 Å². The largest absolute Gasteiger partial charge is 0.352 e. The van der Waals surface area contributed by atoms with Gasteiger partial charge in [0.1, 0.15) is 12.6 Å². The molecule has 0 aromatic heterocycles. The van der Waals surface area contributed by atoms with Crippen molar-refractivity contribution in [1.82, 2.24) is 10.2 Å². The topological polar surface area (TPSA) is 86.8 Å². The van der Waals surface area contributed by atoms with Crippen LogP contribution in [0.4, 0.5) is 5.69 Å². The van der Waals surface area contributed by atoms with Gasteiger partial charge >= 0.3 is 0 Å². The summed E-state index contributed by atoms with van der Waals surface area (Å²) >= 11 is 0. The van der Waals surface area contributed by atoms with Gasteiger partial charge in [0.15, 0.2) is 0 Å². The lowest BCUT2D eigenvalue weighted by Gasteiger charge is -2.34. The summed E-state index contributed by atoms with van der Waals surface area (Å²) in [7, 11) is -4.15. The molecule has 4 rings (SSSR count). The number of anilines is 1. The van der Waals surface area contributed by atoms with E-state index in [0.717, 1.165) is 33.0 Å². The maximum atomic E-state index is 14.6. The molecule has 2 amide bonds. The SMILES string of the molecule is CC[C@@H](C)NC(=O)[C@@H](Cc1ccccc1)N(Cc1ccccc1)C(=O)CN(c1ccc(C(C)C)cc1)S(=O)(=O)c1ccc(C)cc1. The molecule has 4 aromatic carbocycles. The predicted octanol–water partition coefficient (Wildman–Crippen LogP) is 6.87. The second-order valence-corrected chi connectivity index (χ2v) is 14.0. The van der Waals surface area contributed by atoms with Crippen LogP contribution in [0.2, 0.25) is 0 Å². The second-order valence-electron chi connectivity index (χ2n) is 12.1. The molecular formula is C38H45N3O4S. The van der Waals surface area contributed by atoms with Gasteiger partial charge in [0.25, 0.3) is 10.0 Å². The van der Waals surface area contributed by atoms with Gasteiger partial charge in [0.2, 0.25) is 11.8 Å². The summed E-state index contributed by atoms with van der Waals surface area (Å²) in [5.74, 6) is -0.508. The fraction of sp³-hybridized carbons (Fsp3) is 0.316. The number of sulfonamides is 1. The smallest absolute Gasteiger partial charge is 0.264 e. The first kappa shape index (κ1) is 34.4. The van der Waals surface area contributed by atoms with Crippen LogP contribution in [-0.2, 0) is 32.6 Å². The summed E-state index contributed by atoms with van der Waals surface area (Å²) in [6.45, 7) is 9.60. The fourth-order valence-corrected chi connectivity index (χ4v) is 6.58. The van der Waals surface area contributed by atoms with Crippen molar-refractivity contribution in [2.45, 2.75) is 76.9 Å². The Kier molecular flexibility index (Phi) is 11.8. The van der Waals surface area contributed by atoms with E-state index in [1.54, 1.807) is 36.4 Å². The number of benzene rings is 4. The summed E-state index contributed by atoms with van der Waals surface area (Å²) in [5, 5.41) is 3.07. The second kappa shape index (κ2) is 15.7. The Morgan fingerprint density at radius 1 is 0.761 bits per heavy atom. The van der Waals surface area contributed by atoms with Crippen LogP contribution in [0.15, 0.2) is 114 Å². The van der Waals surface area contributed by atoms with E-state index in [9.17, 15) is 18.0 Å². The summed E-state index contributed by atoms with van der Waals surface area (Å²) in [6, 6.07) is 31.9. The molecule has 4 aromatic rings. The highest BCUT2D eigenvalue weighted by atomic mass is 32.2. The van der Waals surface area contributed by atoms with Crippen LogP contribution in [0.5, 0.6) is 0 Å². The standard InChI is InChI=1S/C38H45N3O4S/c1-6-30(5)39-38(43)36(25-31-13-9-7-10-14-31)40(26-32-15-11-8-12-16-32)37(42)27-41(34-21-19-33(20-22-34)28(2)3)46(44,45)35-23-17-29(4)18-24-35/h7-24,28,30,36H,6,25-27H2,1-5H3,(H,39,43)/t30-,36-/m1/s1. The van der Waals surface area contributed by atoms with Crippen molar-refractivity contribution in [3.8, 4) is 0 Å². The minimum absolute atomic E-state index is 0.0868. The van der Waals surface area contributed by atoms with E-state index in [-0.39, 0.29) is 35.7 Å². The molecule has 242 valence electrons. The number of carbonyl (C=O) groups excluding carboxylic acids is 2. The van der Waals surface area contributed by atoms with Crippen LogP contribution in [0, 0.1) is 6.92 Å². The number of hydrogen-bond donors (Lipinski definition) is 1. The van der Waals surface area contributed by atoms with Crippen molar-refractivity contribution in [3.05, 3.63) is 131 Å². The molecule has 0 heterocycles. The third kappa shape index (κ3) is 8.85. The number of nitrogens with zero attached hydrogens (tertiary/aromatic N) is 2. The van der Waals surface area contributed by atoms with Crippen LogP contribution in [0.1, 0.15) is 62.3 Å². The number of hydrogen-bond acceptors (Lipinski definition) is 4. The minimum Gasteiger partial charge on any atom is -0.352 e. The van der Waals surface area contributed by atoms with Crippen molar-refractivity contribution >= 4 is 27.5 Å². The number of nitrogens with one attached hydrogen (secondary N) is 1. The molecule has 8 heteroatoms. The molecule has 0 saturated heterocycles. The lowest BCUT2D eigenvalue weighted by Crippen LogP contribution is -2.54. The highest BCUT2D eigenvalue weighted by Gasteiger charge is 2.35. The van der Waals surface area contributed by atoms with E-state index < -0.39 is 28.5 Å². The molecule has 0 radical (unpaired) electrons. The van der Waals surface area contributed by atoms with E-state index in [1.807, 2.05) is 93.6 Å². The zero-order valence-electron chi connectivity index (χ0n) is 27.4. The van der Waals surface area contributed by atoms with Crippen LogP contribution >= 0.6 is 0 Å². The lowest BCUT2D eigenvalue weighted by molar-refractivity contribution is -0.140. The van der Waals surface area contributed by atoms with Crippen LogP contribution < -0.4 is 9.62 Å². The van der Waals surface area contributed by atoms with Gasteiger partial charge in [0, 0.05) is 19.0 Å². The molecule has 0 spiro atoms. The molecule has 0 aliphatic heterocycles. The van der Waals surface area contributed by atoms with Crippen molar-refractivity contribution in [2.24, 2.45) is 0 Å². The molecule has 1 N–H and O–H groups in total. The first-order valence-corrected chi connectivity index (χ1v) is 17.3. The quantitative estimate of drug-likeness (QED) is 0.163. The Morgan fingerprint density at radius 3 is 1.87 bits per heavy atom. The maximum Gasteiger partial charge on any atom is 0.264 e. The molecule has 0 aliphatic rings. The molecule has 7 nitrogen and oxygen atoms in total. The molecule has 0 bridgehead atoms. The zero-order chi connectivity index (χ0) is 33.3. The lowest BCUT2D eigenvalue weighted by atomic mass is 10.0. The van der Waals surface area contributed by atoms with Gasteiger partial charge < -0.3 is 10.2 Å². The molecule has 0 fully saturated rings. The zero-order valence-corrected chi connectivity index (χ0v) is 28.2. The third-order valence-electron chi connectivity index (χ3n) is 8.20. The highest BCUT2D eigenvalue weighted by molar-refractivity contribution is 7.92. The molecule has 0 unspecified atom stereocenters. The third-order valence-corrected chi connectivity index (χ3v) is 9.99. The van der Waals surface area contributed by atoms with E-state index >= 15 is 0 Å². The molecule has 0 saturated carbocycles. The predicted molar refractivity (Wildman–Crippen MR) is 185 cm³/mol. The van der Waals surface area contributed by atoms with Crippen molar-refractivity contribution < 1.29 is 18.0 Å². The van der Waals surface area contributed by atoms with Crippen molar-refractivity contribution in [1.29, 1.82) is 0 Å². The molecule has 2 atom stereocenters. The van der Waals surface area contributed by atoms with Gasteiger partial charge in [-0.3, -0.25) is 13.9 Å². The van der Waals surface area contributed by atoms with Gasteiger partial charge in [-0.1, -0.05) is 111 Å². The first-order chi connectivity index (χ1) is 22.0. The van der Waals surface area contributed by atoms with Crippen molar-refractivity contribution in [2.75, 3.05) is 10.8 Å². The average Bonchev–Trinajstić information content (AvgIpc) is 3.06. The van der Waals surface area contributed by atoms with Gasteiger partial charge in [-0.2, -0.15) is 0 Å². The van der Waals surface area contributed by atoms with Gasteiger partial charge in [-0.25, -0.2) is 8.42 Å². The summed E-state index contributed by atoms with van der Waals surface area (Å²) in [5.41, 5.74) is 4.08.